The Morgan fingerprint density at radius 3 is 1.86 bits per heavy atom. The summed E-state index contributed by atoms with van der Waals surface area (Å²) < 4.78 is 12.1. The largest absolute Gasteiger partial charge is 0.465 e. The highest BCUT2D eigenvalue weighted by Gasteiger charge is 2.63. The third kappa shape index (κ3) is 3.36. The van der Waals surface area contributed by atoms with Crippen molar-refractivity contribution in [2.75, 3.05) is 37.3 Å². The predicted molar refractivity (Wildman–Crippen MR) is 89.2 cm³/mol. The van der Waals surface area contributed by atoms with Crippen LogP contribution in [-0.4, -0.2) is 59.7 Å². The lowest BCUT2D eigenvalue weighted by atomic mass is 9.85. The van der Waals surface area contributed by atoms with Gasteiger partial charge in [0.25, 0.3) is 0 Å². The SMILES string of the molecule is CCOC(=O)C1(C(=O)OCC)CC(CI)[N+](CC)(CC)C1. The average molecular weight is 412 g/mol. The average Bonchev–Trinajstić information content (AvgIpc) is 2.84. The van der Waals surface area contributed by atoms with Gasteiger partial charge < -0.3 is 14.0 Å². The summed E-state index contributed by atoms with van der Waals surface area (Å²) in [5.74, 6) is -0.833. The summed E-state index contributed by atoms with van der Waals surface area (Å²) >= 11 is 2.35. The number of likely N-dealkylation sites (tertiary alicyclic amines) is 1. The van der Waals surface area contributed by atoms with E-state index in [0.29, 0.717) is 13.0 Å². The second-order valence-electron chi connectivity index (χ2n) is 5.54. The van der Waals surface area contributed by atoms with E-state index in [1.165, 1.54) is 0 Å². The monoisotopic (exact) mass is 412 g/mol. The zero-order valence-corrected chi connectivity index (χ0v) is 15.6. The molecule has 1 unspecified atom stereocenters. The van der Waals surface area contributed by atoms with Crippen molar-refractivity contribution in [1.82, 2.24) is 0 Å². The van der Waals surface area contributed by atoms with Crippen molar-refractivity contribution in [3.8, 4) is 0 Å². The number of nitrogens with zero attached hydrogens (tertiary/aromatic N) is 1. The van der Waals surface area contributed by atoms with Crippen LogP contribution in [0, 0.1) is 5.41 Å². The summed E-state index contributed by atoms with van der Waals surface area (Å²) in [6.45, 7) is 10.7. The molecule has 0 bridgehead atoms. The minimum Gasteiger partial charge on any atom is -0.465 e. The van der Waals surface area contributed by atoms with Crippen LogP contribution in [0.15, 0.2) is 0 Å². The normalized spacial score (nSPS) is 22.8. The summed E-state index contributed by atoms with van der Waals surface area (Å²) in [6, 6.07) is 0.286. The summed E-state index contributed by atoms with van der Waals surface area (Å²) in [5.41, 5.74) is -1.13. The van der Waals surface area contributed by atoms with E-state index in [1.54, 1.807) is 13.8 Å². The molecule has 0 aromatic rings. The molecule has 5 nitrogen and oxygen atoms in total. The third-order valence-electron chi connectivity index (χ3n) is 4.71. The van der Waals surface area contributed by atoms with E-state index in [2.05, 4.69) is 36.4 Å². The van der Waals surface area contributed by atoms with E-state index in [9.17, 15) is 9.59 Å². The van der Waals surface area contributed by atoms with Crippen LogP contribution in [0.5, 0.6) is 0 Å². The van der Waals surface area contributed by atoms with E-state index in [0.717, 1.165) is 22.0 Å². The van der Waals surface area contributed by atoms with Gasteiger partial charge >= 0.3 is 11.9 Å². The summed E-state index contributed by atoms with van der Waals surface area (Å²) in [5, 5.41) is 0. The molecule has 122 valence electrons. The van der Waals surface area contributed by atoms with E-state index >= 15 is 0 Å². The van der Waals surface area contributed by atoms with Crippen LogP contribution in [0.25, 0.3) is 0 Å². The van der Waals surface area contributed by atoms with Gasteiger partial charge in [0.2, 0.25) is 5.41 Å². The Kier molecular flexibility index (Phi) is 6.90. The summed E-state index contributed by atoms with van der Waals surface area (Å²) in [6.07, 6.45) is 0.523. The van der Waals surface area contributed by atoms with Gasteiger partial charge in [0.05, 0.1) is 30.7 Å². The van der Waals surface area contributed by atoms with Crippen LogP contribution in [0.4, 0.5) is 0 Å². The van der Waals surface area contributed by atoms with Crippen LogP contribution in [0.3, 0.4) is 0 Å². The number of esters is 2. The Morgan fingerprint density at radius 1 is 1.10 bits per heavy atom. The molecule has 21 heavy (non-hydrogen) atoms. The smallest absolute Gasteiger partial charge is 0.329 e. The van der Waals surface area contributed by atoms with Gasteiger partial charge in [-0.3, -0.25) is 9.59 Å². The fraction of sp³-hybridized carbons (Fsp3) is 0.867. The molecular weight excluding hydrogens is 385 g/mol. The van der Waals surface area contributed by atoms with Gasteiger partial charge in [-0.2, -0.15) is 0 Å². The highest BCUT2D eigenvalue weighted by atomic mass is 127. The van der Waals surface area contributed by atoms with Crippen LogP contribution >= 0.6 is 22.6 Å². The molecule has 1 aliphatic rings. The van der Waals surface area contributed by atoms with Gasteiger partial charge in [-0.1, -0.05) is 22.6 Å². The van der Waals surface area contributed by atoms with Crippen LogP contribution in [0.1, 0.15) is 34.1 Å². The number of hydrogen-bond donors (Lipinski definition) is 0. The van der Waals surface area contributed by atoms with Gasteiger partial charge in [0, 0.05) is 6.42 Å². The molecule has 0 spiro atoms. The predicted octanol–water partition coefficient (Wildman–Crippen LogP) is 2.16. The number of carbonyl (C=O) groups excluding carboxylic acids is 2. The minimum atomic E-state index is -1.13. The lowest BCUT2D eigenvalue weighted by Crippen LogP contribution is -2.54. The highest BCUT2D eigenvalue weighted by molar-refractivity contribution is 14.1. The van der Waals surface area contributed by atoms with Crippen molar-refractivity contribution >= 4 is 34.5 Å². The maximum absolute atomic E-state index is 12.5. The van der Waals surface area contributed by atoms with Crippen LogP contribution in [0.2, 0.25) is 0 Å². The number of halogens is 1. The molecule has 1 saturated heterocycles. The molecule has 0 saturated carbocycles. The molecule has 1 rings (SSSR count). The third-order valence-corrected chi connectivity index (χ3v) is 5.73. The number of rotatable bonds is 7. The van der Waals surface area contributed by atoms with E-state index in [-0.39, 0.29) is 19.3 Å². The second-order valence-corrected chi connectivity index (χ2v) is 6.43. The van der Waals surface area contributed by atoms with Crippen LogP contribution < -0.4 is 0 Å². The fourth-order valence-electron chi connectivity index (χ4n) is 3.41. The molecule has 0 N–H and O–H groups in total. The summed E-state index contributed by atoms with van der Waals surface area (Å²) in [7, 11) is 0. The maximum atomic E-state index is 12.5. The fourth-order valence-corrected chi connectivity index (χ4v) is 4.56. The Labute approximate surface area is 141 Å². The van der Waals surface area contributed by atoms with Crippen molar-refractivity contribution in [2.24, 2.45) is 5.41 Å². The van der Waals surface area contributed by atoms with Gasteiger partial charge in [-0.05, 0) is 27.7 Å². The standard InChI is InChI=1S/C15H27INO4/c1-5-17(6-2)11-15(9-12(17)10-16,13(18)20-7-3)14(19)21-8-4/h12H,5-11H2,1-4H3/q+1. The van der Waals surface area contributed by atoms with Gasteiger partial charge in [0.15, 0.2) is 0 Å². The van der Waals surface area contributed by atoms with Gasteiger partial charge in [-0.25, -0.2) is 0 Å². The Bertz CT molecular complexity index is 364. The lowest BCUT2D eigenvalue weighted by Gasteiger charge is -2.38. The van der Waals surface area contributed by atoms with Gasteiger partial charge in [0.1, 0.15) is 12.6 Å². The first kappa shape index (κ1) is 18.7. The van der Waals surface area contributed by atoms with Crippen molar-refractivity contribution in [3.63, 3.8) is 0 Å². The van der Waals surface area contributed by atoms with E-state index in [1.807, 2.05) is 0 Å². The van der Waals surface area contributed by atoms with Crippen molar-refractivity contribution in [2.45, 2.75) is 40.2 Å². The van der Waals surface area contributed by atoms with Crippen LogP contribution in [-0.2, 0) is 19.1 Å². The molecule has 0 aromatic heterocycles. The zero-order chi connectivity index (χ0) is 16.1. The summed E-state index contributed by atoms with van der Waals surface area (Å²) in [4.78, 5) is 25.1. The number of alkyl halides is 1. The molecular formula is C15H27INO4+. The Morgan fingerprint density at radius 2 is 1.57 bits per heavy atom. The number of carbonyl (C=O) groups is 2. The van der Waals surface area contributed by atoms with Crippen molar-refractivity contribution in [1.29, 1.82) is 0 Å². The zero-order valence-electron chi connectivity index (χ0n) is 13.5. The molecule has 1 heterocycles. The first-order valence-electron chi connectivity index (χ1n) is 7.72. The lowest BCUT2D eigenvalue weighted by molar-refractivity contribution is -0.934. The second kappa shape index (κ2) is 7.76. The van der Waals surface area contributed by atoms with Gasteiger partial charge in [-0.15, -0.1) is 0 Å². The minimum absolute atomic E-state index is 0.285. The highest BCUT2D eigenvalue weighted by Crippen LogP contribution is 2.43. The van der Waals surface area contributed by atoms with Crippen molar-refractivity contribution < 1.29 is 23.5 Å². The van der Waals surface area contributed by atoms with E-state index < -0.39 is 17.4 Å². The maximum Gasteiger partial charge on any atom is 0.329 e. The molecule has 0 aromatic carbocycles. The Hall–Kier alpha value is -0.370. The topological polar surface area (TPSA) is 52.6 Å². The molecule has 0 radical (unpaired) electrons. The molecule has 0 amide bonds. The Balaban J connectivity index is 3.21. The number of quaternary nitrogens is 1. The van der Waals surface area contributed by atoms with E-state index in [4.69, 9.17) is 9.47 Å². The first-order valence-corrected chi connectivity index (χ1v) is 9.25. The molecule has 1 atom stereocenters. The molecule has 1 fully saturated rings. The first-order chi connectivity index (χ1) is 9.96. The van der Waals surface area contributed by atoms with Crippen molar-refractivity contribution in [3.05, 3.63) is 0 Å². The number of hydrogen-bond acceptors (Lipinski definition) is 4. The quantitative estimate of drug-likeness (QED) is 0.212. The molecule has 1 aliphatic heterocycles. The molecule has 0 aliphatic carbocycles. The molecule has 6 heteroatoms. The number of ether oxygens (including phenoxy) is 2.